The van der Waals surface area contributed by atoms with Gasteiger partial charge in [0.25, 0.3) is 5.56 Å². The summed E-state index contributed by atoms with van der Waals surface area (Å²) < 4.78 is 7.38. The van der Waals surface area contributed by atoms with Crippen molar-refractivity contribution in [3.8, 4) is 5.75 Å². The lowest BCUT2D eigenvalue weighted by Crippen LogP contribution is -2.26. The topological polar surface area (TPSA) is 62.6 Å². The standard InChI is InChI=1S/C21H24N4O2/c1-13-9-20-22-18-6-8-24(7-5-17(18)21(26)25(20)23-13)12-15-3-4-19-16(11-15)10-14(2)27-19/h3-4,9,11,14,23H,5-8,10,12H2,1-2H3. The molecular formula is C21H24N4O2. The molecule has 4 heterocycles. The van der Waals surface area contributed by atoms with Crippen LogP contribution >= 0.6 is 0 Å². The average molecular weight is 364 g/mol. The number of H-pyrrole nitrogens is 1. The third kappa shape index (κ3) is 2.94. The number of hydrogen-bond donors (Lipinski definition) is 1. The maximum Gasteiger partial charge on any atom is 0.276 e. The van der Waals surface area contributed by atoms with Crippen molar-refractivity contribution in [2.24, 2.45) is 0 Å². The van der Waals surface area contributed by atoms with E-state index in [2.05, 4.69) is 35.1 Å². The molecule has 1 unspecified atom stereocenters. The molecule has 0 spiro atoms. The van der Waals surface area contributed by atoms with Crippen molar-refractivity contribution in [3.05, 3.63) is 62.7 Å². The number of nitrogens with zero attached hydrogens (tertiary/aromatic N) is 3. The van der Waals surface area contributed by atoms with Crippen LogP contribution in [0.25, 0.3) is 5.65 Å². The maximum absolute atomic E-state index is 12.8. The Bertz CT molecular complexity index is 1080. The number of aromatic nitrogens is 3. The normalized spacial score (nSPS) is 19.6. The number of rotatable bonds is 2. The van der Waals surface area contributed by atoms with Crippen LogP contribution in [0.2, 0.25) is 0 Å². The monoisotopic (exact) mass is 364 g/mol. The van der Waals surface area contributed by atoms with E-state index < -0.39 is 0 Å². The zero-order chi connectivity index (χ0) is 18.5. The van der Waals surface area contributed by atoms with Gasteiger partial charge in [-0.25, -0.2) is 9.50 Å². The van der Waals surface area contributed by atoms with Gasteiger partial charge in [-0.15, -0.1) is 0 Å². The first-order valence-electron chi connectivity index (χ1n) is 9.68. The number of ether oxygens (including phenoxy) is 1. The Morgan fingerprint density at radius 1 is 1.26 bits per heavy atom. The van der Waals surface area contributed by atoms with E-state index in [-0.39, 0.29) is 11.7 Å². The molecule has 0 aliphatic carbocycles. The highest BCUT2D eigenvalue weighted by atomic mass is 16.5. The van der Waals surface area contributed by atoms with Gasteiger partial charge in [0.2, 0.25) is 0 Å². The number of hydrogen-bond acceptors (Lipinski definition) is 4. The third-order valence-electron chi connectivity index (χ3n) is 5.63. The molecule has 3 aromatic rings. The van der Waals surface area contributed by atoms with Gasteiger partial charge in [0.15, 0.2) is 5.65 Å². The van der Waals surface area contributed by atoms with Crippen LogP contribution in [0.3, 0.4) is 0 Å². The molecule has 0 amide bonds. The van der Waals surface area contributed by atoms with Crippen molar-refractivity contribution in [2.75, 3.05) is 13.1 Å². The Kier molecular flexibility index (Phi) is 3.82. The van der Waals surface area contributed by atoms with Crippen LogP contribution in [-0.2, 0) is 25.8 Å². The summed E-state index contributed by atoms with van der Waals surface area (Å²) in [6, 6.07) is 8.46. The van der Waals surface area contributed by atoms with Crippen molar-refractivity contribution in [1.82, 2.24) is 19.5 Å². The first-order valence-corrected chi connectivity index (χ1v) is 9.68. The van der Waals surface area contributed by atoms with E-state index in [1.807, 2.05) is 13.0 Å². The Morgan fingerprint density at radius 3 is 3.00 bits per heavy atom. The number of aromatic amines is 1. The Morgan fingerprint density at radius 2 is 2.11 bits per heavy atom. The molecule has 0 bridgehead atoms. The third-order valence-corrected chi connectivity index (χ3v) is 5.63. The highest BCUT2D eigenvalue weighted by Gasteiger charge is 2.22. The van der Waals surface area contributed by atoms with Crippen molar-refractivity contribution in [1.29, 1.82) is 0 Å². The number of fused-ring (bicyclic) bond motifs is 3. The zero-order valence-corrected chi connectivity index (χ0v) is 15.8. The fourth-order valence-corrected chi connectivity index (χ4v) is 4.32. The second-order valence-electron chi connectivity index (χ2n) is 7.83. The van der Waals surface area contributed by atoms with Gasteiger partial charge in [-0.2, -0.15) is 0 Å². The van der Waals surface area contributed by atoms with Crippen LogP contribution in [-0.4, -0.2) is 38.7 Å². The summed E-state index contributed by atoms with van der Waals surface area (Å²) in [5.41, 5.74) is 6.15. The molecule has 2 aromatic heterocycles. The van der Waals surface area contributed by atoms with Crippen LogP contribution < -0.4 is 10.3 Å². The molecule has 2 aliphatic heterocycles. The molecule has 27 heavy (non-hydrogen) atoms. The fourth-order valence-electron chi connectivity index (χ4n) is 4.32. The molecule has 1 aromatic carbocycles. The summed E-state index contributed by atoms with van der Waals surface area (Å²) in [6.07, 6.45) is 2.82. The minimum Gasteiger partial charge on any atom is -0.490 e. The van der Waals surface area contributed by atoms with Crippen LogP contribution in [0.1, 0.15) is 35.0 Å². The van der Waals surface area contributed by atoms with Gasteiger partial charge in [-0.05, 0) is 37.5 Å². The lowest BCUT2D eigenvalue weighted by Gasteiger charge is -2.19. The van der Waals surface area contributed by atoms with Crippen molar-refractivity contribution in [2.45, 2.75) is 45.8 Å². The first kappa shape index (κ1) is 16.6. The molecule has 140 valence electrons. The molecular weight excluding hydrogens is 340 g/mol. The van der Waals surface area contributed by atoms with E-state index >= 15 is 0 Å². The first-order chi connectivity index (χ1) is 13.1. The largest absolute Gasteiger partial charge is 0.490 e. The number of benzene rings is 1. The predicted molar refractivity (Wildman–Crippen MR) is 103 cm³/mol. The Labute approximate surface area is 157 Å². The highest BCUT2D eigenvalue weighted by molar-refractivity contribution is 5.42. The second kappa shape index (κ2) is 6.23. The molecule has 0 saturated heterocycles. The predicted octanol–water partition coefficient (Wildman–Crippen LogP) is 2.26. The van der Waals surface area contributed by atoms with Crippen LogP contribution in [0.5, 0.6) is 5.75 Å². The summed E-state index contributed by atoms with van der Waals surface area (Å²) in [6.45, 7) is 6.75. The molecule has 1 N–H and O–H groups in total. The molecule has 6 nitrogen and oxygen atoms in total. The quantitative estimate of drug-likeness (QED) is 0.758. The molecule has 0 radical (unpaired) electrons. The van der Waals surface area contributed by atoms with Crippen molar-refractivity contribution < 1.29 is 4.74 Å². The van der Waals surface area contributed by atoms with E-state index in [0.29, 0.717) is 0 Å². The van der Waals surface area contributed by atoms with E-state index in [1.54, 1.807) is 4.52 Å². The maximum atomic E-state index is 12.8. The minimum atomic E-state index is 0.0496. The van der Waals surface area contributed by atoms with Crippen LogP contribution in [0.4, 0.5) is 0 Å². The molecule has 6 heteroatoms. The van der Waals surface area contributed by atoms with Crippen molar-refractivity contribution in [3.63, 3.8) is 0 Å². The smallest absolute Gasteiger partial charge is 0.276 e. The lowest BCUT2D eigenvalue weighted by atomic mass is 10.1. The van der Waals surface area contributed by atoms with E-state index in [4.69, 9.17) is 9.72 Å². The summed E-state index contributed by atoms with van der Waals surface area (Å²) in [5, 5.41) is 3.09. The lowest BCUT2D eigenvalue weighted by molar-refractivity contribution is 0.254. The Balaban J connectivity index is 1.37. The van der Waals surface area contributed by atoms with E-state index in [9.17, 15) is 4.79 Å². The SMILES string of the molecule is Cc1cc2nc3c(c(=O)n2[nH]1)CCN(Cc1ccc2c(c1)CC(C)O2)CC3. The fraction of sp³-hybridized carbons (Fsp3) is 0.429. The van der Waals surface area contributed by atoms with Crippen LogP contribution in [0, 0.1) is 6.92 Å². The van der Waals surface area contributed by atoms with Crippen molar-refractivity contribution >= 4 is 5.65 Å². The minimum absolute atomic E-state index is 0.0496. The molecule has 1 atom stereocenters. The van der Waals surface area contributed by atoms with Gasteiger partial charge in [-0.1, -0.05) is 12.1 Å². The number of nitrogens with one attached hydrogen (secondary N) is 1. The van der Waals surface area contributed by atoms with Gasteiger partial charge < -0.3 is 4.74 Å². The molecule has 0 saturated carbocycles. The van der Waals surface area contributed by atoms with Gasteiger partial charge in [0.05, 0.1) is 5.69 Å². The average Bonchev–Trinajstić information content (AvgIpc) is 3.12. The van der Waals surface area contributed by atoms with E-state index in [1.165, 1.54) is 11.1 Å². The van der Waals surface area contributed by atoms with Gasteiger partial charge in [-0.3, -0.25) is 14.8 Å². The number of aryl methyl sites for hydroxylation is 1. The highest BCUT2D eigenvalue weighted by Crippen LogP contribution is 2.29. The van der Waals surface area contributed by atoms with E-state index in [0.717, 1.165) is 67.2 Å². The van der Waals surface area contributed by atoms with Gasteiger partial charge in [0, 0.05) is 49.8 Å². The Hall–Kier alpha value is -2.60. The summed E-state index contributed by atoms with van der Waals surface area (Å²) >= 11 is 0. The second-order valence-corrected chi connectivity index (χ2v) is 7.83. The summed E-state index contributed by atoms with van der Waals surface area (Å²) in [7, 11) is 0. The molecule has 5 rings (SSSR count). The van der Waals surface area contributed by atoms with Gasteiger partial charge >= 0.3 is 0 Å². The molecule has 0 fully saturated rings. The zero-order valence-electron chi connectivity index (χ0n) is 15.8. The van der Waals surface area contributed by atoms with Gasteiger partial charge in [0.1, 0.15) is 11.9 Å². The molecule has 2 aliphatic rings. The summed E-state index contributed by atoms with van der Waals surface area (Å²) in [5.74, 6) is 1.03. The summed E-state index contributed by atoms with van der Waals surface area (Å²) in [4.78, 5) is 20.0. The van der Waals surface area contributed by atoms with Crippen LogP contribution in [0.15, 0.2) is 29.1 Å².